The van der Waals surface area contributed by atoms with Gasteiger partial charge in [-0.1, -0.05) is 13.8 Å². The Labute approximate surface area is 153 Å². The zero-order valence-electron chi connectivity index (χ0n) is 15.5. The molecule has 2 aromatic rings. The first-order valence-corrected chi connectivity index (χ1v) is 8.36. The maximum absolute atomic E-state index is 12.4. The zero-order chi connectivity index (χ0) is 19.1. The minimum Gasteiger partial charge on any atom is -0.497 e. The molecular formula is C20H24N2O4. The summed E-state index contributed by atoms with van der Waals surface area (Å²) in [6.07, 6.45) is 0. The number of carbonyl (C=O) groups excluding carboxylic acids is 2. The second kappa shape index (κ2) is 8.89. The number of methoxy groups -OCH3 is 2. The van der Waals surface area contributed by atoms with Crippen molar-refractivity contribution >= 4 is 17.5 Å². The average molecular weight is 356 g/mol. The van der Waals surface area contributed by atoms with Crippen LogP contribution in [0.3, 0.4) is 0 Å². The Balaban J connectivity index is 2.07. The molecule has 0 saturated heterocycles. The van der Waals surface area contributed by atoms with Crippen molar-refractivity contribution in [3.63, 3.8) is 0 Å². The molecule has 2 amide bonds. The molecule has 0 bridgehead atoms. The first kappa shape index (κ1) is 19.3. The molecule has 2 rings (SSSR count). The van der Waals surface area contributed by atoms with E-state index in [1.807, 2.05) is 13.8 Å². The van der Waals surface area contributed by atoms with Crippen molar-refractivity contribution in [2.75, 3.05) is 26.1 Å². The van der Waals surface area contributed by atoms with E-state index in [1.54, 1.807) is 49.6 Å². The average Bonchev–Trinajstić information content (AvgIpc) is 2.66. The largest absolute Gasteiger partial charge is 0.497 e. The summed E-state index contributed by atoms with van der Waals surface area (Å²) in [5.74, 6) is 1.08. The fourth-order valence-corrected chi connectivity index (χ4v) is 2.27. The number of rotatable bonds is 7. The van der Waals surface area contributed by atoms with Crippen LogP contribution in [0.2, 0.25) is 0 Å². The fourth-order valence-electron chi connectivity index (χ4n) is 2.27. The molecule has 0 heterocycles. The predicted octanol–water partition coefficient (Wildman–Crippen LogP) is 3.34. The van der Waals surface area contributed by atoms with Crippen molar-refractivity contribution in [3.8, 4) is 11.5 Å². The summed E-state index contributed by atoms with van der Waals surface area (Å²) in [5.41, 5.74) is 1.50. The summed E-state index contributed by atoms with van der Waals surface area (Å²) in [7, 11) is 3.08. The van der Waals surface area contributed by atoms with Crippen molar-refractivity contribution in [1.82, 2.24) is 5.32 Å². The molecule has 2 aromatic carbocycles. The molecule has 2 N–H and O–H groups in total. The van der Waals surface area contributed by atoms with E-state index in [0.29, 0.717) is 40.8 Å². The number of carbonyl (C=O) groups is 2. The van der Waals surface area contributed by atoms with E-state index in [0.717, 1.165) is 0 Å². The number of hydrogen-bond donors (Lipinski definition) is 2. The molecule has 26 heavy (non-hydrogen) atoms. The third-order valence-corrected chi connectivity index (χ3v) is 3.74. The molecule has 0 fully saturated rings. The maximum atomic E-state index is 12.4. The SMILES string of the molecule is COc1ccc(NC(=O)c2ccc(C(=O)NCC(C)C)cc2)c(OC)c1. The number of nitrogens with one attached hydrogen (secondary N) is 2. The van der Waals surface area contributed by atoms with Crippen molar-refractivity contribution in [3.05, 3.63) is 53.6 Å². The molecule has 0 unspecified atom stereocenters. The Morgan fingerprint density at radius 1 is 0.923 bits per heavy atom. The van der Waals surface area contributed by atoms with Crippen molar-refractivity contribution in [2.45, 2.75) is 13.8 Å². The smallest absolute Gasteiger partial charge is 0.255 e. The normalized spacial score (nSPS) is 10.3. The Morgan fingerprint density at radius 3 is 2.08 bits per heavy atom. The van der Waals surface area contributed by atoms with Gasteiger partial charge in [-0.25, -0.2) is 0 Å². The molecule has 0 aliphatic rings. The standard InChI is InChI=1S/C20H24N2O4/c1-13(2)12-21-19(23)14-5-7-15(8-6-14)20(24)22-17-10-9-16(25-3)11-18(17)26-4/h5-11,13H,12H2,1-4H3,(H,21,23)(H,22,24). The van der Waals surface area contributed by atoms with Gasteiger partial charge < -0.3 is 20.1 Å². The highest BCUT2D eigenvalue weighted by molar-refractivity contribution is 6.05. The zero-order valence-corrected chi connectivity index (χ0v) is 15.5. The first-order valence-electron chi connectivity index (χ1n) is 8.36. The van der Waals surface area contributed by atoms with Crippen molar-refractivity contribution in [1.29, 1.82) is 0 Å². The van der Waals surface area contributed by atoms with Crippen LogP contribution >= 0.6 is 0 Å². The number of hydrogen-bond acceptors (Lipinski definition) is 4. The lowest BCUT2D eigenvalue weighted by Crippen LogP contribution is -2.27. The van der Waals surface area contributed by atoms with Gasteiger partial charge in [0.1, 0.15) is 11.5 Å². The van der Waals surface area contributed by atoms with E-state index in [1.165, 1.54) is 7.11 Å². The minimum atomic E-state index is -0.289. The predicted molar refractivity (Wildman–Crippen MR) is 101 cm³/mol. The monoisotopic (exact) mass is 356 g/mol. The van der Waals surface area contributed by atoms with Crippen LogP contribution in [-0.2, 0) is 0 Å². The lowest BCUT2D eigenvalue weighted by atomic mass is 10.1. The molecule has 6 nitrogen and oxygen atoms in total. The van der Waals surface area contributed by atoms with Crippen LogP contribution in [0, 0.1) is 5.92 Å². The van der Waals surface area contributed by atoms with Gasteiger partial charge in [-0.2, -0.15) is 0 Å². The number of amides is 2. The van der Waals surface area contributed by atoms with Gasteiger partial charge in [-0.15, -0.1) is 0 Å². The van der Waals surface area contributed by atoms with Crippen LogP contribution in [0.1, 0.15) is 34.6 Å². The quantitative estimate of drug-likeness (QED) is 0.798. The lowest BCUT2D eigenvalue weighted by molar-refractivity contribution is 0.0947. The molecule has 0 aliphatic heterocycles. The summed E-state index contributed by atoms with van der Waals surface area (Å²) in [5, 5.41) is 5.64. The number of anilines is 1. The van der Waals surface area contributed by atoms with E-state index in [4.69, 9.17) is 9.47 Å². The summed E-state index contributed by atoms with van der Waals surface area (Å²) in [6, 6.07) is 11.7. The van der Waals surface area contributed by atoms with E-state index in [2.05, 4.69) is 10.6 Å². The Morgan fingerprint density at radius 2 is 1.54 bits per heavy atom. The molecule has 0 radical (unpaired) electrons. The first-order chi connectivity index (χ1) is 12.4. The second-order valence-corrected chi connectivity index (χ2v) is 6.20. The summed E-state index contributed by atoms with van der Waals surface area (Å²) in [4.78, 5) is 24.5. The Bertz CT molecular complexity index is 770. The summed E-state index contributed by atoms with van der Waals surface area (Å²) >= 11 is 0. The van der Waals surface area contributed by atoms with Crippen LogP contribution in [0.4, 0.5) is 5.69 Å². The van der Waals surface area contributed by atoms with E-state index in [9.17, 15) is 9.59 Å². The van der Waals surface area contributed by atoms with Gasteiger partial charge in [0.25, 0.3) is 11.8 Å². The highest BCUT2D eigenvalue weighted by Gasteiger charge is 2.12. The van der Waals surface area contributed by atoms with Gasteiger partial charge >= 0.3 is 0 Å². The van der Waals surface area contributed by atoms with Crippen LogP contribution in [0.15, 0.2) is 42.5 Å². The highest BCUT2D eigenvalue weighted by Crippen LogP contribution is 2.29. The molecular weight excluding hydrogens is 332 g/mol. The van der Waals surface area contributed by atoms with Gasteiger partial charge in [-0.05, 0) is 42.3 Å². The topological polar surface area (TPSA) is 76.7 Å². The fraction of sp³-hybridized carbons (Fsp3) is 0.300. The molecule has 6 heteroatoms. The van der Waals surface area contributed by atoms with Crippen LogP contribution in [-0.4, -0.2) is 32.6 Å². The molecule has 138 valence electrons. The van der Waals surface area contributed by atoms with Gasteiger partial charge in [0.2, 0.25) is 0 Å². The summed E-state index contributed by atoms with van der Waals surface area (Å²) in [6.45, 7) is 4.67. The molecule has 0 saturated carbocycles. The van der Waals surface area contributed by atoms with Crippen LogP contribution < -0.4 is 20.1 Å². The Hall–Kier alpha value is -3.02. The minimum absolute atomic E-state index is 0.150. The number of ether oxygens (including phenoxy) is 2. The third kappa shape index (κ3) is 4.99. The van der Waals surface area contributed by atoms with Gasteiger partial charge in [0, 0.05) is 23.7 Å². The molecule has 0 atom stereocenters. The highest BCUT2D eigenvalue weighted by atomic mass is 16.5. The van der Waals surface area contributed by atoms with Gasteiger partial charge in [0.05, 0.1) is 19.9 Å². The van der Waals surface area contributed by atoms with Gasteiger partial charge in [0.15, 0.2) is 0 Å². The Kier molecular flexibility index (Phi) is 6.60. The lowest BCUT2D eigenvalue weighted by Gasteiger charge is -2.12. The molecule has 0 aromatic heterocycles. The van der Waals surface area contributed by atoms with Crippen molar-refractivity contribution < 1.29 is 19.1 Å². The van der Waals surface area contributed by atoms with E-state index >= 15 is 0 Å². The van der Waals surface area contributed by atoms with E-state index < -0.39 is 0 Å². The molecule has 0 spiro atoms. The van der Waals surface area contributed by atoms with E-state index in [-0.39, 0.29) is 11.8 Å². The third-order valence-electron chi connectivity index (χ3n) is 3.74. The van der Waals surface area contributed by atoms with Gasteiger partial charge in [-0.3, -0.25) is 9.59 Å². The van der Waals surface area contributed by atoms with Crippen molar-refractivity contribution in [2.24, 2.45) is 5.92 Å². The number of benzene rings is 2. The summed E-state index contributed by atoms with van der Waals surface area (Å²) < 4.78 is 10.4. The second-order valence-electron chi connectivity index (χ2n) is 6.20. The molecule has 0 aliphatic carbocycles. The van der Waals surface area contributed by atoms with Crippen LogP contribution in [0.25, 0.3) is 0 Å². The maximum Gasteiger partial charge on any atom is 0.255 e. The van der Waals surface area contributed by atoms with Crippen LogP contribution in [0.5, 0.6) is 11.5 Å².